The molecule has 0 radical (unpaired) electrons. The van der Waals surface area contributed by atoms with Crippen LogP contribution in [0, 0.1) is 0 Å². The summed E-state index contributed by atoms with van der Waals surface area (Å²) in [6.07, 6.45) is 35.4. The first-order chi connectivity index (χ1) is 24.8. The Morgan fingerprint density at radius 2 is 1.25 bits per heavy atom. The molecule has 1 saturated heterocycles. The second kappa shape index (κ2) is 32.3. The predicted molar refractivity (Wildman–Crippen MR) is 207 cm³/mol. The minimum Gasteiger partial charge on any atom is -0.394 e. The Hall–Kier alpha value is -2.37. The van der Waals surface area contributed by atoms with Crippen LogP contribution >= 0.6 is 0 Å². The van der Waals surface area contributed by atoms with Crippen molar-refractivity contribution in [3.05, 3.63) is 72.9 Å². The van der Waals surface area contributed by atoms with Crippen LogP contribution in [0.3, 0.4) is 0 Å². The average molecular weight is 718 g/mol. The van der Waals surface area contributed by atoms with Gasteiger partial charge in [-0.25, -0.2) is 0 Å². The summed E-state index contributed by atoms with van der Waals surface area (Å²) in [5.41, 5.74) is 0. The zero-order valence-corrected chi connectivity index (χ0v) is 31.6. The van der Waals surface area contributed by atoms with Crippen molar-refractivity contribution in [3.63, 3.8) is 0 Å². The van der Waals surface area contributed by atoms with Gasteiger partial charge in [0.05, 0.1) is 25.4 Å². The van der Waals surface area contributed by atoms with Crippen molar-refractivity contribution < 1.29 is 39.8 Å². The minimum absolute atomic E-state index is 0.212. The molecule has 51 heavy (non-hydrogen) atoms. The van der Waals surface area contributed by atoms with Gasteiger partial charge in [0, 0.05) is 6.42 Å². The van der Waals surface area contributed by atoms with Gasteiger partial charge in [-0.15, -0.1) is 0 Å². The summed E-state index contributed by atoms with van der Waals surface area (Å²) in [5, 5.41) is 53.8. The molecule has 0 aromatic rings. The molecule has 1 rings (SSSR count). The Morgan fingerprint density at radius 3 is 1.88 bits per heavy atom. The summed E-state index contributed by atoms with van der Waals surface area (Å²) >= 11 is 0. The van der Waals surface area contributed by atoms with Crippen LogP contribution in [0.5, 0.6) is 0 Å². The van der Waals surface area contributed by atoms with E-state index in [0.717, 1.165) is 83.5 Å². The van der Waals surface area contributed by atoms with Crippen LogP contribution in [-0.4, -0.2) is 87.5 Å². The number of carbonyl (C=O) groups excluding carboxylic acids is 1. The number of rotatable bonds is 30. The van der Waals surface area contributed by atoms with Gasteiger partial charge in [-0.05, 0) is 77.6 Å². The molecule has 7 atom stereocenters. The van der Waals surface area contributed by atoms with E-state index < -0.39 is 49.5 Å². The third-order valence-corrected chi connectivity index (χ3v) is 8.83. The third-order valence-electron chi connectivity index (χ3n) is 8.83. The Labute approximate surface area is 308 Å². The summed E-state index contributed by atoms with van der Waals surface area (Å²) in [5.74, 6) is -0.212. The summed E-state index contributed by atoms with van der Waals surface area (Å²) in [7, 11) is 0. The molecule has 292 valence electrons. The van der Waals surface area contributed by atoms with Gasteiger partial charge in [-0.2, -0.15) is 0 Å². The molecule has 0 saturated carbocycles. The van der Waals surface area contributed by atoms with Crippen molar-refractivity contribution in [1.82, 2.24) is 5.32 Å². The maximum absolute atomic E-state index is 12.9. The maximum Gasteiger partial charge on any atom is 0.220 e. The number of hydrogen-bond acceptors (Lipinski definition) is 8. The molecule has 1 aliphatic rings. The van der Waals surface area contributed by atoms with E-state index in [1.807, 2.05) is 19.1 Å². The number of nitrogens with one attached hydrogen (secondary N) is 1. The number of aliphatic hydroxyl groups is 5. The molecule has 0 bridgehead atoms. The molecule has 0 aromatic heterocycles. The molecule has 1 amide bonds. The minimum atomic E-state index is -1.58. The van der Waals surface area contributed by atoms with Gasteiger partial charge in [0.2, 0.25) is 5.91 Å². The molecule has 0 aliphatic carbocycles. The van der Waals surface area contributed by atoms with Gasteiger partial charge in [0.1, 0.15) is 24.4 Å². The zero-order valence-electron chi connectivity index (χ0n) is 31.6. The first kappa shape index (κ1) is 46.7. The SMILES string of the molecule is C/C=C/CC/C=C/CC/C=C/C(O)C(COC1OC(CO)C(O)C(O)C1O)NC(=O)CCCCCCCC/C=C\C/C=C\C/C=C\CCCCC. The Morgan fingerprint density at radius 1 is 0.706 bits per heavy atom. The van der Waals surface area contributed by atoms with Crippen molar-refractivity contribution in [2.24, 2.45) is 0 Å². The summed E-state index contributed by atoms with van der Waals surface area (Å²) in [4.78, 5) is 12.9. The van der Waals surface area contributed by atoms with E-state index in [2.05, 4.69) is 66.9 Å². The first-order valence-corrected chi connectivity index (χ1v) is 19.6. The fourth-order valence-electron chi connectivity index (χ4n) is 5.61. The summed E-state index contributed by atoms with van der Waals surface area (Å²) < 4.78 is 11.1. The highest BCUT2D eigenvalue weighted by atomic mass is 16.7. The van der Waals surface area contributed by atoms with Crippen LogP contribution in [0.1, 0.15) is 129 Å². The predicted octanol–water partition coefficient (Wildman–Crippen LogP) is 7.05. The molecule has 1 fully saturated rings. The third kappa shape index (κ3) is 23.7. The van der Waals surface area contributed by atoms with Crippen molar-refractivity contribution in [1.29, 1.82) is 0 Å². The highest BCUT2D eigenvalue weighted by Crippen LogP contribution is 2.22. The quantitative estimate of drug-likeness (QED) is 0.0342. The number of ether oxygens (including phenoxy) is 2. The van der Waals surface area contributed by atoms with Crippen molar-refractivity contribution in [2.45, 2.75) is 172 Å². The average Bonchev–Trinajstić information content (AvgIpc) is 3.13. The molecule has 0 aromatic carbocycles. The fraction of sp³-hybridized carbons (Fsp3) is 0.690. The normalized spacial score (nSPS) is 22.8. The topological polar surface area (TPSA) is 149 Å². The summed E-state index contributed by atoms with van der Waals surface area (Å²) in [6, 6.07) is -0.835. The van der Waals surface area contributed by atoms with Crippen molar-refractivity contribution in [3.8, 4) is 0 Å². The second-order valence-electron chi connectivity index (χ2n) is 13.4. The fourth-order valence-corrected chi connectivity index (χ4v) is 5.61. The lowest BCUT2D eigenvalue weighted by Gasteiger charge is -2.40. The number of amides is 1. The molecule has 9 heteroatoms. The van der Waals surface area contributed by atoms with E-state index in [9.17, 15) is 30.3 Å². The van der Waals surface area contributed by atoms with Crippen LogP contribution in [0.2, 0.25) is 0 Å². The van der Waals surface area contributed by atoms with E-state index >= 15 is 0 Å². The highest BCUT2D eigenvalue weighted by molar-refractivity contribution is 5.76. The molecular weight excluding hydrogens is 646 g/mol. The number of carbonyl (C=O) groups is 1. The lowest BCUT2D eigenvalue weighted by molar-refractivity contribution is -0.302. The Bertz CT molecular complexity index is 1020. The van der Waals surface area contributed by atoms with E-state index in [1.165, 1.54) is 25.7 Å². The lowest BCUT2D eigenvalue weighted by atomic mass is 9.99. The van der Waals surface area contributed by atoms with Gasteiger partial charge >= 0.3 is 0 Å². The van der Waals surface area contributed by atoms with Gasteiger partial charge in [-0.3, -0.25) is 4.79 Å². The van der Waals surface area contributed by atoms with Gasteiger partial charge < -0.3 is 40.3 Å². The molecule has 9 nitrogen and oxygen atoms in total. The van der Waals surface area contributed by atoms with E-state index in [4.69, 9.17) is 9.47 Å². The lowest BCUT2D eigenvalue weighted by Crippen LogP contribution is -2.60. The van der Waals surface area contributed by atoms with Crippen LogP contribution in [0.4, 0.5) is 0 Å². The zero-order chi connectivity index (χ0) is 37.4. The number of allylic oxidation sites excluding steroid dienone is 11. The standard InChI is InChI=1S/C42H71NO8/c1-3-5-7-9-11-13-14-15-16-17-18-19-20-21-22-24-26-28-30-32-38(46)43-35(36(45)31-29-27-25-23-12-10-8-6-4-2)34-50-42-41(49)40(48)39(47)37(33-44)51-42/h4,6,11-13,15-16,18-19,23,29,31,35-37,39-42,44-45,47-49H,3,5,7-10,14,17,20-22,24-28,30,32-34H2,1-2H3,(H,43,46)/b6-4+,13-11-,16-15-,19-18-,23-12+,31-29+. The molecule has 1 aliphatic heterocycles. The highest BCUT2D eigenvalue weighted by Gasteiger charge is 2.44. The molecule has 1 heterocycles. The molecular formula is C42H71NO8. The largest absolute Gasteiger partial charge is 0.394 e. The van der Waals surface area contributed by atoms with Crippen LogP contribution < -0.4 is 5.32 Å². The van der Waals surface area contributed by atoms with Crippen LogP contribution in [-0.2, 0) is 14.3 Å². The maximum atomic E-state index is 12.9. The number of hydrogen-bond donors (Lipinski definition) is 6. The van der Waals surface area contributed by atoms with Crippen molar-refractivity contribution in [2.75, 3.05) is 13.2 Å². The van der Waals surface area contributed by atoms with Crippen LogP contribution in [0.25, 0.3) is 0 Å². The van der Waals surface area contributed by atoms with Crippen molar-refractivity contribution >= 4 is 5.91 Å². The summed E-state index contributed by atoms with van der Waals surface area (Å²) in [6.45, 7) is 3.44. The monoisotopic (exact) mass is 718 g/mol. The Balaban J connectivity index is 2.41. The molecule has 6 N–H and O–H groups in total. The van der Waals surface area contributed by atoms with Gasteiger partial charge in [0.15, 0.2) is 6.29 Å². The first-order valence-electron chi connectivity index (χ1n) is 19.6. The van der Waals surface area contributed by atoms with Gasteiger partial charge in [-0.1, -0.05) is 118 Å². The second-order valence-corrected chi connectivity index (χ2v) is 13.4. The Kier molecular flexibility index (Phi) is 29.5. The van der Waals surface area contributed by atoms with Gasteiger partial charge in [0.25, 0.3) is 0 Å². The number of unbranched alkanes of at least 4 members (excludes halogenated alkanes) is 11. The van der Waals surface area contributed by atoms with Crippen LogP contribution in [0.15, 0.2) is 72.9 Å². The smallest absolute Gasteiger partial charge is 0.220 e. The van der Waals surface area contributed by atoms with E-state index in [-0.39, 0.29) is 12.5 Å². The van der Waals surface area contributed by atoms with E-state index in [0.29, 0.717) is 6.42 Å². The van der Waals surface area contributed by atoms with E-state index in [1.54, 1.807) is 6.08 Å². The number of aliphatic hydroxyl groups excluding tert-OH is 5. The molecule has 0 spiro atoms. The molecule has 7 unspecified atom stereocenters.